The summed E-state index contributed by atoms with van der Waals surface area (Å²) in [4.78, 5) is 12.5. The van der Waals surface area contributed by atoms with Crippen LogP contribution in [0.25, 0.3) is 11.2 Å². The fourth-order valence-corrected chi connectivity index (χ4v) is 3.43. The Morgan fingerprint density at radius 2 is 2.13 bits per heavy atom. The van der Waals surface area contributed by atoms with Gasteiger partial charge in [-0.3, -0.25) is 9.99 Å². The number of fused-ring (bicyclic) bond motifs is 1. The summed E-state index contributed by atoms with van der Waals surface area (Å²) in [5.74, 6) is 0.224. The van der Waals surface area contributed by atoms with Crippen LogP contribution in [0.5, 0.6) is 0 Å². The molecule has 4 rings (SSSR count). The second-order valence-electron chi connectivity index (χ2n) is 6.77. The summed E-state index contributed by atoms with van der Waals surface area (Å²) in [6.07, 6.45) is -2.51. The number of hydrazone groups is 1. The number of alkyl halides is 3. The van der Waals surface area contributed by atoms with E-state index in [1.807, 2.05) is 0 Å². The summed E-state index contributed by atoms with van der Waals surface area (Å²) in [6, 6.07) is 3.43. The molecule has 13 heteroatoms. The maximum absolute atomic E-state index is 13.0. The fraction of sp³-hybridized carbons (Fsp3) is 0.333. The Kier molecular flexibility index (Phi) is 5.79. The summed E-state index contributed by atoms with van der Waals surface area (Å²) in [7, 11) is 0. The van der Waals surface area contributed by atoms with E-state index in [0.717, 1.165) is 12.1 Å². The first-order valence-electron chi connectivity index (χ1n) is 9.05. The minimum absolute atomic E-state index is 0.184. The van der Waals surface area contributed by atoms with Crippen LogP contribution >= 0.6 is 11.6 Å². The second kappa shape index (κ2) is 8.38. The van der Waals surface area contributed by atoms with Gasteiger partial charge in [-0.15, -0.1) is 0 Å². The predicted molar refractivity (Wildman–Crippen MR) is 105 cm³/mol. The number of hydrogen-bond acceptors (Lipinski definition) is 8. The van der Waals surface area contributed by atoms with Gasteiger partial charge >= 0.3 is 6.18 Å². The van der Waals surface area contributed by atoms with Crippen molar-refractivity contribution in [1.29, 1.82) is 0 Å². The molecule has 3 aromatic rings. The fourth-order valence-electron chi connectivity index (χ4n) is 3.20. The maximum atomic E-state index is 13.0. The monoisotopic (exact) mass is 456 g/mol. The Morgan fingerprint density at radius 1 is 1.32 bits per heavy atom. The van der Waals surface area contributed by atoms with Crippen molar-refractivity contribution in [3.8, 4) is 0 Å². The zero-order valence-corrected chi connectivity index (χ0v) is 16.4. The number of ether oxygens (including phenoxy) is 1. The van der Waals surface area contributed by atoms with E-state index in [0.29, 0.717) is 11.2 Å². The smallest absolute Gasteiger partial charge is 0.394 e. The van der Waals surface area contributed by atoms with Gasteiger partial charge in [-0.2, -0.15) is 18.3 Å². The Balaban J connectivity index is 1.55. The third-order valence-corrected chi connectivity index (χ3v) is 5.06. The largest absolute Gasteiger partial charge is 0.417 e. The number of imidazole rings is 1. The first kappa shape index (κ1) is 21.4. The minimum atomic E-state index is -4.58. The highest BCUT2D eigenvalue weighted by molar-refractivity contribution is 6.31. The van der Waals surface area contributed by atoms with Crippen LogP contribution in [0.2, 0.25) is 5.02 Å². The topological polar surface area (TPSA) is 118 Å². The van der Waals surface area contributed by atoms with Crippen LogP contribution in [0.4, 0.5) is 19.0 Å². The summed E-state index contributed by atoms with van der Waals surface area (Å²) >= 11 is 5.61. The number of hydrogen-bond donors (Lipinski definition) is 3. The van der Waals surface area contributed by atoms with E-state index < -0.39 is 35.2 Å². The number of nitrogens with one attached hydrogen (secondary N) is 1. The molecule has 0 spiro atoms. The zero-order chi connectivity index (χ0) is 22.2. The van der Waals surface area contributed by atoms with Gasteiger partial charge in [0.25, 0.3) is 0 Å². The highest BCUT2D eigenvalue weighted by Crippen LogP contribution is 2.35. The number of anilines is 1. The standard InChI is InChI=1S/C18H16ClF3N6O3/c19-11-2-1-9(3-10(11)18(20,21)22)5-26-27-16-15-17(24-7-23-16)28(8-25-15)14-4-12(30)13(6-29)31-14/h1-3,5,7-8,12-14,29-30H,4,6H2,(H,23,24,27)/b26-5+/t12-,13-,14-/m1/s1. The molecule has 1 saturated heterocycles. The molecule has 0 aliphatic carbocycles. The van der Waals surface area contributed by atoms with Crippen LogP contribution in [0.3, 0.4) is 0 Å². The van der Waals surface area contributed by atoms with E-state index in [1.165, 1.54) is 24.9 Å². The van der Waals surface area contributed by atoms with Crippen LogP contribution in [0, 0.1) is 0 Å². The van der Waals surface area contributed by atoms with E-state index in [-0.39, 0.29) is 24.4 Å². The van der Waals surface area contributed by atoms with Gasteiger partial charge in [0.05, 0.1) is 35.8 Å². The summed E-state index contributed by atoms with van der Waals surface area (Å²) in [5.41, 5.74) is 2.61. The number of halogens is 4. The van der Waals surface area contributed by atoms with Crippen LogP contribution in [0.1, 0.15) is 23.8 Å². The van der Waals surface area contributed by atoms with E-state index >= 15 is 0 Å². The van der Waals surface area contributed by atoms with Gasteiger partial charge in [-0.1, -0.05) is 17.7 Å². The molecular formula is C18H16ClF3N6O3. The molecule has 1 aliphatic rings. The number of benzene rings is 1. The van der Waals surface area contributed by atoms with Crippen molar-refractivity contribution in [3.63, 3.8) is 0 Å². The molecule has 1 aliphatic heterocycles. The van der Waals surface area contributed by atoms with Crippen molar-refractivity contribution in [3.05, 3.63) is 47.0 Å². The van der Waals surface area contributed by atoms with Gasteiger partial charge in [0.1, 0.15) is 18.7 Å². The highest BCUT2D eigenvalue weighted by atomic mass is 35.5. The quantitative estimate of drug-likeness (QED) is 0.399. The van der Waals surface area contributed by atoms with E-state index in [1.54, 1.807) is 4.57 Å². The molecule has 9 nitrogen and oxygen atoms in total. The Labute approximate surface area is 178 Å². The van der Waals surface area contributed by atoms with Gasteiger partial charge in [0, 0.05) is 6.42 Å². The SMILES string of the molecule is OC[C@H]1O[C@@H](n2cnc3c(N/N=C/c4ccc(Cl)c(C(F)(F)F)c4)ncnc32)C[C@H]1O. The van der Waals surface area contributed by atoms with Crippen LogP contribution in [-0.4, -0.2) is 54.8 Å². The van der Waals surface area contributed by atoms with Crippen molar-refractivity contribution in [2.24, 2.45) is 5.10 Å². The molecular weight excluding hydrogens is 441 g/mol. The molecule has 3 atom stereocenters. The van der Waals surface area contributed by atoms with Crippen LogP contribution in [0.15, 0.2) is 36.0 Å². The van der Waals surface area contributed by atoms with E-state index in [4.69, 9.17) is 16.3 Å². The van der Waals surface area contributed by atoms with Gasteiger partial charge < -0.3 is 14.9 Å². The molecule has 0 amide bonds. The molecule has 1 fully saturated rings. The molecule has 31 heavy (non-hydrogen) atoms. The lowest BCUT2D eigenvalue weighted by Gasteiger charge is -2.13. The van der Waals surface area contributed by atoms with Gasteiger partial charge in [-0.05, 0) is 17.7 Å². The van der Waals surface area contributed by atoms with Crippen LogP contribution < -0.4 is 5.43 Å². The molecule has 0 saturated carbocycles. The van der Waals surface area contributed by atoms with Gasteiger partial charge in [0.2, 0.25) is 0 Å². The summed E-state index contributed by atoms with van der Waals surface area (Å²) in [6.45, 7) is -0.318. The molecule has 0 radical (unpaired) electrons. The normalized spacial score (nSPS) is 21.9. The van der Waals surface area contributed by atoms with Crippen molar-refractivity contribution < 1.29 is 28.1 Å². The number of aliphatic hydroxyl groups is 2. The summed E-state index contributed by atoms with van der Waals surface area (Å²) in [5, 5.41) is 22.7. The molecule has 0 unspecified atom stereocenters. The first-order valence-corrected chi connectivity index (χ1v) is 9.43. The molecule has 1 aromatic carbocycles. The molecule has 3 N–H and O–H groups in total. The first-order chi connectivity index (χ1) is 14.8. The molecule has 3 heterocycles. The maximum Gasteiger partial charge on any atom is 0.417 e. The predicted octanol–water partition coefficient (Wildman–Crippen LogP) is 2.59. The van der Waals surface area contributed by atoms with Crippen molar-refractivity contribution >= 4 is 34.8 Å². The lowest BCUT2D eigenvalue weighted by molar-refractivity contribution is -0.137. The molecule has 2 aromatic heterocycles. The Hall–Kier alpha value is -2.80. The van der Waals surface area contributed by atoms with Crippen molar-refractivity contribution in [1.82, 2.24) is 19.5 Å². The van der Waals surface area contributed by atoms with Gasteiger partial charge in [-0.25, -0.2) is 15.0 Å². The van der Waals surface area contributed by atoms with Crippen LogP contribution in [-0.2, 0) is 10.9 Å². The number of aromatic nitrogens is 4. The van der Waals surface area contributed by atoms with Gasteiger partial charge in [0.15, 0.2) is 17.0 Å². The third-order valence-electron chi connectivity index (χ3n) is 4.73. The average Bonchev–Trinajstić information content (AvgIpc) is 3.32. The minimum Gasteiger partial charge on any atom is -0.394 e. The number of aliphatic hydroxyl groups excluding tert-OH is 2. The second-order valence-corrected chi connectivity index (χ2v) is 7.18. The Bertz CT molecular complexity index is 1120. The highest BCUT2D eigenvalue weighted by Gasteiger charge is 2.35. The van der Waals surface area contributed by atoms with E-state index in [9.17, 15) is 23.4 Å². The molecule has 0 bridgehead atoms. The lowest BCUT2D eigenvalue weighted by atomic mass is 10.1. The number of nitrogens with zero attached hydrogens (tertiary/aromatic N) is 5. The summed E-state index contributed by atoms with van der Waals surface area (Å²) < 4.78 is 46.1. The average molecular weight is 457 g/mol. The molecule has 164 valence electrons. The lowest BCUT2D eigenvalue weighted by Crippen LogP contribution is -2.24. The van der Waals surface area contributed by atoms with E-state index in [2.05, 4.69) is 25.5 Å². The number of rotatable bonds is 5. The van der Waals surface area contributed by atoms with Crippen molar-refractivity contribution in [2.75, 3.05) is 12.0 Å². The third kappa shape index (κ3) is 4.32. The zero-order valence-electron chi connectivity index (χ0n) is 15.7. The van der Waals surface area contributed by atoms with Crippen molar-refractivity contribution in [2.45, 2.75) is 31.0 Å². The Morgan fingerprint density at radius 3 is 2.84 bits per heavy atom.